The van der Waals surface area contributed by atoms with Crippen LogP contribution in [-0.4, -0.2) is 63.8 Å². The van der Waals surface area contributed by atoms with Crippen LogP contribution in [0.15, 0.2) is 42.6 Å². The van der Waals surface area contributed by atoms with Gasteiger partial charge in [0.05, 0.1) is 12.5 Å². The third-order valence-electron chi connectivity index (χ3n) is 6.02. The van der Waals surface area contributed by atoms with Gasteiger partial charge in [-0.05, 0) is 43.1 Å². The molecule has 2 aliphatic heterocycles. The molecule has 2 aromatic heterocycles. The zero-order chi connectivity index (χ0) is 21.2. The van der Waals surface area contributed by atoms with Crippen LogP contribution in [-0.2, 0) is 17.6 Å². The average Bonchev–Trinajstić information content (AvgIpc) is 3.44. The first-order chi connectivity index (χ1) is 15.2. The number of Topliss-reactive ketones (excluding diaryl/α,β-unsaturated/α-hetero) is 1. The second-order valence-corrected chi connectivity index (χ2v) is 9.20. The van der Waals surface area contributed by atoms with E-state index in [0.717, 1.165) is 54.0 Å². The van der Waals surface area contributed by atoms with Crippen LogP contribution in [0, 0.1) is 0 Å². The van der Waals surface area contributed by atoms with E-state index in [1.807, 2.05) is 31.3 Å². The highest BCUT2D eigenvalue weighted by Crippen LogP contribution is 2.31. The lowest BCUT2D eigenvalue weighted by Gasteiger charge is -2.33. The lowest BCUT2D eigenvalue weighted by Crippen LogP contribution is -2.37. The summed E-state index contributed by atoms with van der Waals surface area (Å²) in [6.07, 6.45) is 3.96. The summed E-state index contributed by atoms with van der Waals surface area (Å²) in [6.45, 7) is 2.66. The standard InChI is InChI=1S/C22H25N7OS/c1-28-11-8-15-5-2-3-6-17(15)21(28)18(30)13-20-26-27-22(31-20)24-16-9-12-29(14-16)19-7-4-10-23-25-19/h2-7,10,16,21H,8-9,11-14H2,1H3,(H,24,27)/t16-,21-/m1/s1. The van der Waals surface area contributed by atoms with Crippen LogP contribution in [0.25, 0.3) is 0 Å². The van der Waals surface area contributed by atoms with Crippen LogP contribution >= 0.6 is 11.3 Å². The topological polar surface area (TPSA) is 87.1 Å². The molecule has 1 fully saturated rings. The van der Waals surface area contributed by atoms with Crippen LogP contribution in [0.2, 0.25) is 0 Å². The van der Waals surface area contributed by atoms with E-state index in [1.165, 1.54) is 16.9 Å². The number of rotatable bonds is 6. The largest absolute Gasteiger partial charge is 0.355 e. The zero-order valence-corrected chi connectivity index (χ0v) is 18.3. The summed E-state index contributed by atoms with van der Waals surface area (Å²) in [6, 6.07) is 12.2. The van der Waals surface area contributed by atoms with Crippen LogP contribution in [0.3, 0.4) is 0 Å². The number of nitrogens with zero attached hydrogens (tertiary/aromatic N) is 6. The summed E-state index contributed by atoms with van der Waals surface area (Å²) < 4.78 is 0. The number of benzene rings is 1. The second kappa shape index (κ2) is 8.68. The third kappa shape index (κ3) is 4.28. The lowest BCUT2D eigenvalue weighted by atomic mass is 9.90. The van der Waals surface area contributed by atoms with Crippen molar-refractivity contribution in [3.63, 3.8) is 0 Å². The molecule has 1 aromatic carbocycles. The fourth-order valence-corrected chi connectivity index (χ4v) is 5.29. The molecule has 0 amide bonds. The number of aromatic nitrogens is 4. The molecule has 1 N–H and O–H groups in total. The van der Waals surface area contributed by atoms with Crippen LogP contribution in [0.1, 0.15) is 28.6 Å². The van der Waals surface area contributed by atoms with E-state index in [2.05, 4.69) is 47.6 Å². The first-order valence-electron chi connectivity index (χ1n) is 10.6. The molecule has 0 aliphatic carbocycles. The van der Waals surface area contributed by atoms with Gasteiger partial charge in [-0.15, -0.1) is 15.3 Å². The van der Waals surface area contributed by atoms with Crippen molar-refractivity contribution in [1.29, 1.82) is 0 Å². The maximum absolute atomic E-state index is 13.2. The van der Waals surface area contributed by atoms with Crippen molar-refractivity contribution in [3.8, 4) is 0 Å². The van der Waals surface area contributed by atoms with Crippen LogP contribution in [0.5, 0.6) is 0 Å². The Morgan fingerprint density at radius 2 is 2.06 bits per heavy atom. The van der Waals surface area contributed by atoms with Crippen LogP contribution in [0.4, 0.5) is 10.9 Å². The minimum atomic E-state index is -0.208. The Kier molecular flexibility index (Phi) is 5.61. The van der Waals surface area contributed by atoms with Gasteiger partial charge in [0.15, 0.2) is 11.6 Å². The maximum atomic E-state index is 13.2. The van der Waals surface area contributed by atoms with Crippen molar-refractivity contribution in [3.05, 3.63) is 58.7 Å². The van der Waals surface area contributed by atoms with Gasteiger partial charge >= 0.3 is 0 Å². The van der Waals surface area contributed by atoms with Crippen molar-refractivity contribution >= 4 is 28.1 Å². The molecule has 4 heterocycles. The van der Waals surface area contributed by atoms with Gasteiger partial charge in [0, 0.05) is 31.9 Å². The average molecular weight is 436 g/mol. The number of anilines is 2. The molecule has 5 rings (SSSR count). The molecule has 31 heavy (non-hydrogen) atoms. The van der Waals surface area contributed by atoms with Crippen LogP contribution < -0.4 is 10.2 Å². The Balaban J connectivity index is 1.21. The highest BCUT2D eigenvalue weighted by molar-refractivity contribution is 7.15. The number of fused-ring (bicyclic) bond motifs is 1. The van der Waals surface area contributed by atoms with Crippen molar-refractivity contribution in [1.82, 2.24) is 25.3 Å². The smallest absolute Gasteiger partial charge is 0.205 e. The minimum absolute atomic E-state index is 0.173. The van der Waals surface area contributed by atoms with E-state index in [1.54, 1.807) is 6.20 Å². The second-order valence-electron chi connectivity index (χ2n) is 8.13. The number of hydrogen-bond acceptors (Lipinski definition) is 9. The first-order valence-corrected chi connectivity index (χ1v) is 11.4. The Bertz CT molecular complexity index is 1060. The molecule has 0 bridgehead atoms. The number of likely N-dealkylation sites (N-methyl/N-ethyl adjacent to an activating group) is 1. The summed E-state index contributed by atoms with van der Waals surface area (Å²) in [5.74, 6) is 1.07. The van der Waals surface area contributed by atoms with Gasteiger partial charge in [-0.3, -0.25) is 9.69 Å². The molecule has 0 saturated carbocycles. The van der Waals surface area contributed by atoms with E-state index in [0.29, 0.717) is 6.42 Å². The van der Waals surface area contributed by atoms with Crippen molar-refractivity contribution in [2.45, 2.75) is 31.3 Å². The van der Waals surface area contributed by atoms with E-state index >= 15 is 0 Å². The summed E-state index contributed by atoms with van der Waals surface area (Å²) >= 11 is 1.47. The molecule has 3 aromatic rings. The molecule has 160 valence electrons. The molecule has 2 aliphatic rings. The summed E-state index contributed by atoms with van der Waals surface area (Å²) in [4.78, 5) is 17.5. The summed E-state index contributed by atoms with van der Waals surface area (Å²) in [5, 5.41) is 21.7. The Morgan fingerprint density at radius 3 is 2.94 bits per heavy atom. The SMILES string of the molecule is CN1CCc2ccccc2[C@@H]1C(=O)Cc1nnc(N[C@@H]2CCN(c3cccnn3)C2)s1. The highest BCUT2D eigenvalue weighted by Gasteiger charge is 2.31. The van der Waals surface area contributed by atoms with Gasteiger partial charge < -0.3 is 10.2 Å². The van der Waals surface area contributed by atoms with E-state index in [9.17, 15) is 4.79 Å². The van der Waals surface area contributed by atoms with Gasteiger partial charge in [-0.2, -0.15) is 5.10 Å². The minimum Gasteiger partial charge on any atom is -0.355 e. The quantitative estimate of drug-likeness (QED) is 0.631. The van der Waals surface area contributed by atoms with Crippen molar-refractivity contribution < 1.29 is 4.79 Å². The molecule has 0 unspecified atom stereocenters. The summed E-state index contributed by atoms with van der Waals surface area (Å²) in [5.41, 5.74) is 2.40. The summed E-state index contributed by atoms with van der Waals surface area (Å²) in [7, 11) is 2.02. The lowest BCUT2D eigenvalue weighted by molar-refractivity contribution is -0.123. The van der Waals surface area contributed by atoms with Gasteiger partial charge in [0.1, 0.15) is 5.01 Å². The van der Waals surface area contributed by atoms with E-state index < -0.39 is 0 Å². The normalized spacial score (nSPS) is 21.1. The van der Waals surface area contributed by atoms with Gasteiger partial charge in [0.2, 0.25) is 5.13 Å². The first kappa shape index (κ1) is 20.0. The highest BCUT2D eigenvalue weighted by atomic mass is 32.1. The van der Waals surface area contributed by atoms with Crippen molar-refractivity contribution in [2.75, 3.05) is 36.9 Å². The van der Waals surface area contributed by atoms with E-state index in [-0.39, 0.29) is 17.9 Å². The predicted octanol–water partition coefficient (Wildman–Crippen LogP) is 2.36. The van der Waals surface area contributed by atoms with Gasteiger partial charge in [-0.25, -0.2) is 0 Å². The number of carbonyl (C=O) groups excluding carboxylic acids is 1. The number of nitrogens with one attached hydrogen (secondary N) is 1. The third-order valence-corrected chi connectivity index (χ3v) is 6.87. The molecular weight excluding hydrogens is 410 g/mol. The van der Waals surface area contributed by atoms with Gasteiger partial charge in [-0.1, -0.05) is 35.6 Å². The Morgan fingerprint density at radius 1 is 1.16 bits per heavy atom. The number of hydrogen-bond donors (Lipinski definition) is 1. The predicted molar refractivity (Wildman–Crippen MR) is 120 cm³/mol. The molecule has 8 nitrogen and oxygen atoms in total. The van der Waals surface area contributed by atoms with Gasteiger partial charge in [0.25, 0.3) is 0 Å². The monoisotopic (exact) mass is 435 g/mol. The number of ketones is 1. The maximum Gasteiger partial charge on any atom is 0.205 e. The fourth-order valence-electron chi connectivity index (χ4n) is 4.46. The Labute approximate surface area is 185 Å². The molecule has 9 heteroatoms. The molecular formula is C22H25N7OS. The molecule has 1 saturated heterocycles. The zero-order valence-electron chi connectivity index (χ0n) is 17.4. The number of carbonyl (C=O) groups is 1. The van der Waals surface area contributed by atoms with Crippen molar-refractivity contribution in [2.24, 2.45) is 0 Å². The molecule has 0 spiro atoms. The fraction of sp³-hybridized carbons (Fsp3) is 0.409. The molecule has 2 atom stereocenters. The Hall–Kier alpha value is -2.91. The molecule has 0 radical (unpaired) electrons. The van der Waals surface area contributed by atoms with E-state index in [4.69, 9.17) is 0 Å².